The summed E-state index contributed by atoms with van der Waals surface area (Å²) in [5.74, 6) is 0. The van der Waals surface area contributed by atoms with Crippen LogP contribution in [0.25, 0.3) is 0 Å². The number of rotatable bonds is 5. The highest BCUT2D eigenvalue weighted by molar-refractivity contribution is 7.79. The molecule has 16 heavy (non-hydrogen) atoms. The highest BCUT2D eigenvalue weighted by atomic mass is 32.2. The van der Waals surface area contributed by atoms with Gasteiger partial charge in [0.15, 0.2) is 11.1 Å². The van der Waals surface area contributed by atoms with Gasteiger partial charge in [-0.25, -0.2) is 4.21 Å². The van der Waals surface area contributed by atoms with E-state index in [9.17, 15) is 4.21 Å². The topological polar surface area (TPSA) is 50.2 Å². The Morgan fingerprint density at radius 1 is 1.44 bits per heavy atom. The Hall–Kier alpha value is -0.740. The molecule has 1 N–H and O–H groups in total. The Kier molecular flexibility index (Phi) is 4.62. The second-order valence-electron chi connectivity index (χ2n) is 4.29. The van der Waals surface area contributed by atoms with Gasteiger partial charge in [-0.05, 0) is 25.0 Å². The molecule has 0 saturated heterocycles. The van der Waals surface area contributed by atoms with E-state index in [0.29, 0.717) is 4.90 Å². The van der Waals surface area contributed by atoms with Crippen molar-refractivity contribution in [2.24, 2.45) is 0 Å². The summed E-state index contributed by atoms with van der Waals surface area (Å²) in [4.78, 5) is 4.67. The number of hydrogen-bond donors (Lipinski definition) is 1. The largest absolute Gasteiger partial charge is 0.302 e. The molecule has 0 saturated carbocycles. The number of nitrogens with zero attached hydrogens (tertiary/aromatic N) is 1. The van der Waals surface area contributed by atoms with E-state index in [0.717, 1.165) is 25.0 Å². The van der Waals surface area contributed by atoms with Gasteiger partial charge in [-0.2, -0.15) is 0 Å². The lowest BCUT2D eigenvalue weighted by Gasteiger charge is -2.27. The molecule has 2 atom stereocenters. The smallest absolute Gasteiger partial charge is 0.188 e. The van der Waals surface area contributed by atoms with Gasteiger partial charge in [-0.3, -0.25) is 4.98 Å². The van der Waals surface area contributed by atoms with E-state index in [1.807, 2.05) is 6.07 Å². The Balaban J connectivity index is 2.99. The highest BCUT2D eigenvalue weighted by Gasteiger charge is 2.24. The second-order valence-corrected chi connectivity index (χ2v) is 5.26. The molecule has 0 aliphatic carbocycles. The third-order valence-electron chi connectivity index (χ3n) is 3.14. The van der Waals surface area contributed by atoms with E-state index >= 15 is 0 Å². The SMILES string of the molecule is CCCC(C)(CC)c1ccc(S(=O)O)cn1. The molecule has 1 heterocycles. The first-order valence-electron chi connectivity index (χ1n) is 5.61. The van der Waals surface area contributed by atoms with Crippen molar-refractivity contribution >= 4 is 11.1 Å². The summed E-state index contributed by atoms with van der Waals surface area (Å²) in [5, 5.41) is 0. The van der Waals surface area contributed by atoms with Crippen molar-refractivity contribution in [3.8, 4) is 0 Å². The summed E-state index contributed by atoms with van der Waals surface area (Å²) in [6.07, 6.45) is 4.71. The zero-order valence-electron chi connectivity index (χ0n) is 10.1. The van der Waals surface area contributed by atoms with Crippen molar-refractivity contribution < 1.29 is 8.76 Å². The molecular weight excluding hydrogens is 222 g/mol. The maximum atomic E-state index is 10.8. The van der Waals surface area contributed by atoms with Crippen molar-refractivity contribution in [2.45, 2.75) is 50.3 Å². The average molecular weight is 241 g/mol. The van der Waals surface area contributed by atoms with Gasteiger partial charge < -0.3 is 4.55 Å². The van der Waals surface area contributed by atoms with Crippen molar-refractivity contribution in [1.29, 1.82) is 0 Å². The average Bonchev–Trinajstić information content (AvgIpc) is 2.29. The van der Waals surface area contributed by atoms with Crippen molar-refractivity contribution in [2.75, 3.05) is 0 Å². The van der Waals surface area contributed by atoms with Crippen LogP contribution in [0.3, 0.4) is 0 Å². The van der Waals surface area contributed by atoms with Crippen LogP contribution in [0, 0.1) is 0 Å². The van der Waals surface area contributed by atoms with E-state index in [-0.39, 0.29) is 5.41 Å². The lowest BCUT2D eigenvalue weighted by molar-refractivity contribution is 0.402. The minimum Gasteiger partial charge on any atom is -0.302 e. The molecule has 3 nitrogen and oxygen atoms in total. The zero-order chi connectivity index (χ0) is 12.2. The molecule has 0 radical (unpaired) electrons. The maximum absolute atomic E-state index is 10.8. The monoisotopic (exact) mass is 241 g/mol. The van der Waals surface area contributed by atoms with Crippen LogP contribution in [0.1, 0.15) is 45.7 Å². The van der Waals surface area contributed by atoms with Gasteiger partial charge in [0.25, 0.3) is 0 Å². The Bertz CT molecular complexity index is 364. The molecule has 0 aromatic carbocycles. The highest BCUT2D eigenvalue weighted by Crippen LogP contribution is 2.31. The summed E-state index contributed by atoms with van der Waals surface area (Å²) < 4.78 is 19.7. The number of pyridine rings is 1. The predicted molar refractivity (Wildman–Crippen MR) is 65.8 cm³/mol. The van der Waals surface area contributed by atoms with Gasteiger partial charge in [0, 0.05) is 17.3 Å². The first-order valence-corrected chi connectivity index (χ1v) is 6.71. The minimum atomic E-state index is -1.93. The number of hydrogen-bond acceptors (Lipinski definition) is 2. The van der Waals surface area contributed by atoms with Crippen LogP contribution < -0.4 is 0 Å². The van der Waals surface area contributed by atoms with Crippen molar-refractivity contribution in [3.63, 3.8) is 0 Å². The van der Waals surface area contributed by atoms with Crippen LogP contribution in [-0.4, -0.2) is 13.7 Å². The standard InChI is InChI=1S/C12H19NO2S/c1-4-8-12(3,5-2)11-7-6-10(9-13-11)16(14)15/h6-7,9H,4-5,8H2,1-3H3,(H,14,15). The molecule has 1 rings (SSSR count). The third-order valence-corrected chi connectivity index (χ3v) is 3.78. The molecular formula is C12H19NO2S. The Labute approximate surface area is 99.6 Å². The fourth-order valence-corrected chi connectivity index (χ4v) is 2.21. The number of aromatic nitrogens is 1. The van der Waals surface area contributed by atoms with Gasteiger partial charge in [-0.15, -0.1) is 0 Å². The Morgan fingerprint density at radius 2 is 2.12 bits per heavy atom. The molecule has 0 bridgehead atoms. The summed E-state index contributed by atoms with van der Waals surface area (Å²) >= 11 is -1.93. The van der Waals surface area contributed by atoms with Crippen molar-refractivity contribution in [1.82, 2.24) is 4.98 Å². The molecule has 0 aliphatic rings. The van der Waals surface area contributed by atoms with E-state index < -0.39 is 11.1 Å². The lowest BCUT2D eigenvalue weighted by Crippen LogP contribution is -2.22. The molecule has 0 aliphatic heterocycles. The van der Waals surface area contributed by atoms with E-state index in [4.69, 9.17) is 4.55 Å². The summed E-state index contributed by atoms with van der Waals surface area (Å²) in [6, 6.07) is 3.55. The minimum absolute atomic E-state index is 0.0736. The quantitative estimate of drug-likeness (QED) is 0.806. The molecule has 2 unspecified atom stereocenters. The molecule has 0 amide bonds. The first kappa shape index (κ1) is 13.3. The molecule has 1 aromatic rings. The van der Waals surface area contributed by atoms with Gasteiger partial charge in [0.1, 0.15) is 0 Å². The van der Waals surface area contributed by atoms with E-state index in [1.165, 1.54) is 6.20 Å². The second kappa shape index (κ2) is 5.55. The van der Waals surface area contributed by atoms with Crippen LogP contribution in [0.2, 0.25) is 0 Å². The van der Waals surface area contributed by atoms with Gasteiger partial charge in [-0.1, -0.05) is 27.2 Å². The van der Waals surface area contributed by atoms with Gasteiger partial charge in [0.05, 0.1) is 4.90 Å². The van der Waals surface area contributed by atoms with E-state index in [1.54, 1.807) is 6.07 Å². The lowest BCUT2D eigenvalue weighted by atomic mass is 9.79. The van der Waals surface area contributed by atoms with Crippen LogP contribution in [0.15, 0.2) is 23.2 Å². The predicted octanol–water partition coefficient (Wildman–Crippen LogP) is 3.13. The fraction of sp³-hybridized carbons (Fsp3) is 0.583. The van der Waals surface area contributed by atoms with Crippen molar-refractivity contribution in [3.05, 3.63) is 24.0 Å². The molecule has 1 aromatic heterocycles. The van der Waals surface area contributed by atoms with Crippen LogP contribution in [-0.2, 0) is 16.5 Å². The zero-order valence-corrected chi connectivity index (χ0v) is 10.9. The maximum Gasteiger partial charge on any atom is 0.188 e. The molecule has 90 valence electrons. The van der Waals surface area contributed by atoms with Gasteiger partial charge >= 0.3 is 0 Å². The Morgan fingerprint density at radius 3 is 2.50 bits per heavy atom. The van der Waals surface area contributed by atoms with E-state index in [2.05, 4.69) is 25.8 Å². The summed E-state index contributed by atoms with van der Waals surface area (Å²) in [7, 11) is 0. The third kappa shape index (κ3) is 2.89. The van der Waals surface area contributed by atoms with Gasteiger partial charge in [0.2, 0.25) is 0 Å². The normalized spacial score (nSPS) is 16.8. The fourth-order valence-electron chi connectivity index (χ4n) is 1.88. The first-order chi connectivity index (χ1) is 7.53. The van der Waals surface area contributed by atoms with Crippen LogP contribution >= 0.6 is 0 Å². The molecule has 4 heteroatoms. The molecule has 0 fully saturated rings. The van der Waals surface area contributed by atoms with Crippen LogP contribution in [0.5, 0.6) is 0 Å². The van der Waals surface area contributed by atoms with Crippen LogP contribution in [0.4, 0.5) is 0 Å². The summed E-state index contributed by atoms with van der Waals surface area (Å²) in [6.45, 7) is 6.49. The molecule has 0 spiro atoms. The summed E-state index contributed by atoms with van der Waals surface area (Å²) in [5.41, 5.74) is 1.08.